The third kappa shape index (κ3) is 3.63. The first-order chi connectivity index (χ1) is 9.47. The second kappa shape index (κ2) is 5.81. The monoisotopic (exact) mass is 278 g/mol. The number of hydrogen-bond acceptors (Lipinski definition) is 3. The van der Waals surface area contributed by atoms with Crippen LogP contribution in [0.2, 0.25) is 0 Å². The van der Waals surface area contributed by atoms with Gasteiger partial charge in [-0.25, -0.2) is 4.79 Å². The Morgan fingerprint density at radius 2 is 1.95 bits per heavy atom. The van der Waals surface area contributed by atoms with Gasteiger partial charge in [0.25, 0.3) is 0 Å². The summed E-state index contributed by atoms with van der Waals surface area (Å²) in [7, 11) is 1.60. The Bertz CT molecular complexity index is 496. The molecule has 0 heterocycles. The van der Waals surface area contributed by atoms with E-state index in [0.29, 0.717) is 5.69 Å². The zero-order valence-electron chi connectivity index (χ0n) is 11.2. The van der Waals surface area contributed by atoms with Gasteiger partial charge in [0.2, 0.25) is 0 Å². The lowest BCUT2D eigenvalue weighted by molar-refractivity contribution is -0.137. The van der Waals surface area contributed by atoms with Crippen LogP contribution < -0.4 is 10.2 Å². The molecule has 2 rings (SSSR count). The number of urea groups is 1. The number of amides is 2. The molecule has 1 atom stereocenters. The molecule has 1 fully saturated rings. The molecule has 0 saturated heterocycles. The van der Waals surface area contributed by atoms with Crippen molar-refractivity contribution in [2.45, 2.75) is 25.3 Å². The lowest BCUT2D eigenvalue weighted by Crippen LogP contribution is -2.45. The summed E-state index contributed by atoms with van der Waals surface area (Å²) in [5, 5.41) is 20.9. The van der Waals surface area contributed by atoms with Crippen LogP contribution in [0.4, 0.5) is 10.5 Å². The van der Waals surface area contributed by atoms with E-state index in [2.05, 4.69) is 5.32 Å². The average molecular weight is 278 g/mol. The standard InChI is InChI=1S/C14H18N2O4/c1-16(10-4-6-11(17)7-5-10)14(20)15-12(8-13(18)19)9-2-3-9/h4-7,9,12,17H,2-3,8H2,1H3,(H,15,20)(H,18,19). The molecule has 0 radical (unpaired) electrons. The van der Waals surface area contributed by atoms with E-state index in [1.165, 1.54) is 17.0 Å². The van der Waals surface area contributed by atoms with Gasteiger partial charge in [-0.1, -0.05) is 0 Å². The molecule has 6 heteroatoms. The second-order valence-corrected chi connectivity index (χ2v) is 5.07. The zero-order chi connectivity index (χ0) is 14.7. The Morgan fingerprint density at radius 3 is 2.45 bits per heavy atom. The fourth-order valence-corrected chi connectivity index (χ4v) is 2.07. The third-order valence-electron chi connectivity index (χ3n) is 3.44. The molecule has 1 aliphatic rings. The van der Waals surface area contributed by atoms with Crippen molar-refractivity contribution >= 4 is 17.7 Å². The fraction of sp³-hybridized carbons (Fsp3) is 0.429. The predicted octanol–water partition coefficient (Wildman–Crippen LogP) is 1.79. The summed E-state index contributed by atoms with van der Waals surface area (Å²) in [4.78, 5) is 24.3. The van der Waals surface area contributed by atoms with Crippen LogP contribution in [0.1, 0.15) is 19.3 Å². The summed E-state index contributed by atoms with van der Waals surface area (Å²) < 4.78 is 0. The van der Waals surface area contributed by atoms with E-state index in [-0.39, 0.29) is 30.2 Å². The highest BCUT2D eigenvalue weighted by atomic mass is 16.4. The van der Waals surface area contributed by atoms with Crippen molar-refractivity contribution in [1.82, 2.24) is 5.32 Å². The third-order valence-corrected chi connectivity index (χ3v) is 3.44. The van der Waals surface area contributed by atoms with Crippen molar-refractivity contribution in [1.29, 1.82) is 0 Å². The van der Waals surface area contributed by atoms with E-state index in [0.717, 1.165) is 12.8 Å². The molecule has 1 saturated carbocycles. The maximum Gasteiger partial charge on any atom is 0.321 e. The van der Waals surface area contributed by atoms with Crippen LogP contribution in [0.5, 0.6) is 5.75 Å². The predicted molar refractivity (Wildman–Crippen MR) is 73.8 cm³/mol. The Labute approximate surface area is 117 Å². The Balaban J connectivity index is 1.98. The minimum atomic E-state index is -0.908. The number of phenolic OH excluding ortho intramolecular Hbond substituents is 1. The molecular weight excluding hydrogens is 260 g/mol. The highest BCUT2D eigenvalue weighted by molar-refractivity contribution is 5.91. The number of carboxylic acid groups (broad SMARTS) is 1. The van der Waals surface area contributed by atoms with E-state index >= 15 is 0 Å². The van der Waals surface area contributed by atoms with Gasteiger partial charge in [-0.15, -0.1) is 0 Å². The molecule has 1 aromatic carbocycles. The number of hydrogen-bond donors (Lipinski definition) is 3. The van der Waals surface area contributed by atoms with Crippen molar-refractivity contribution in [2.75, 3.05) is 11.9 Å². The van der Waals surface area contributed by atoms with Gasteiger partial charge >= 0.3 is 12.0 Å². The maximum absolute atomic E-state index is 12.1. The fourth-order valence-electron chi connectivity index (χ4n) is 2.07. The maximum atomic E-state index is 12.1. The average Bonchev–Trinajstić information content (AvgIpc) is 3.21. The number of rotatable bonds is 5. The van der Waals surface area contributed by atoms with Crippen LogP contribution in [0, 0.1) is 5.92 Å². The normalized spacial score (nSPS) is 15.4. The Hall–Kier alpha value is -2.24. The molecule has 20 heavy (non-hydrogen) atoms. The van der Waals surface area contributed by atoms with Crippen molar-refractivity contribution in [3.63, 3.8) is 0 Å². The number of carboxylic acids is 1. The van der Waals surface area contributed by atoms with Gasteiger partial charge in [0.15, 0.2) is 0 Å². The number of anilines is 1. The van der Waals surface area contributed by atoms with Crippen molar-refractivity contribution in [3.05, 3.63) is 24.3 Å². The van der Waals surface area contributed by atoms with Gasteiger partial charge in [0, 0.05) is 18.8 Å². The molecule has 0 aromatic heterocycles. The van der Waals surface area contributed by atoms with Crippen LogP contribution in [-0.4, -0.2) is 35.3 Å². The summed E-state index contributed by atoms with van der Waals surface area (Å²) in [6.45, 7) is 0. The number of nitrogens with one attached hydrogen (secondary N) is 1. The highest BCUT2D eigenvalue weighted by Gasteiger charge is 2.34. The van der Waals surface area contributed by atoms with Crippen LogP contribution >= 0.6 is 0 Å². The smallest absolute Gasteiger partial charge is 0.321 e. The van der Waals surface area contributed by atoms with E-state index in [9.17, 15) is 14.7 Å². The molecule has 1 unspecified atom stereocenters. The zero-order valence-corrected chi connectivity index (χ0v) is 11.2. The number of benzene rings is 1. The first-order valence-electron chi connectivity index (χ1n) is 6.52. The lowest BCUT2D eigenvalue weighted by atomic mass is 10.1. The molecule has 1 aliphatic carbocycles. The SMILES string of the molecule is CN(C(=O)NC(CC(=O)O)C1CC1)c1ccc(O)cc1. The quantitative estimate of drug-likeness (QED) is 0.766. The Morgan fingerprint density at radius 1 is 1.35 bits per heavy atom. The minimum absolute atomic E-state index is 0.0557. The largest absolute Gasteiger partial charge is 0.508 e. The van der Waals surface area contributed by atoms with Crippen LogP contribution in [0.3, 0.4) is 0 Å². The first-order valence-corrected chi connectivity index (χ1v) is 6.52. The number of aliphatic carboxylic acids is 1. The van der Waals surface area contributed by atoms with Crippen molar-refractivity contribution in [3.8, 4) is 5.75 Å². The number of nitrogens with zero attached hydrogens (tertiary/aromatic N) is 1. The van der Waals surface area contributed by atoms with Crippen LogP contribution in [0.25, 0.3) is 0 Å². The minimum Gasteiger partial charge on any atom is -0.508 e. The number of carbonyl (C=O) groups is 2. The number of aromatic hydroxyl groups is 1. The second-order valence-electron chi connectivity index (χ2n) is 5.07. The van der Waals surface area contributed by atoms with Crippen LogP contribution in [0.15, 0.2) is 24.3 Å². The summed E-state index contributed by atoms with van der Waals surface area (Å²) in [6.07, 6.45) is 1.86. The molecule has 108 valence electrons. The molecular formula is C14H18N2O4. The van der Waals surface area contributed by atoms with Gasteiger partial charge < -0.3 is 15.5 Å². The summed E-state index contributed by atoms with van der Waals surface area (Å²) in [6, 6.07) is 5.58. The lowest BCUT2D eigenvalue weighted by Gasteiger charge is -2.22. The van der Waals surface area contributed by atoms with E-state index in [1.54, 1.807) is 19.2 Å². The first kappa shape index (κ1) is 14.2. The van der Waals surface area contributed by atoms with Gasteiger partial charge in [-0.05, 0) is 43.0 Å². The topological polar surface area (TPSA) is 89.9 Å². The van der Waals surface area contributed by atoms with Gasteiger partial charge in [-0.3, -0.25) is 9.69 Å². The van der Waals surface area contributed by atoms with Crippen LogP contribution in [-0.2, 0) is 4.79 Å². The van der Waals surface area contributed by atoms with Gasteiger partial charge in [0.1, 0.15) is 5.75 Å². The molecule has 2 amide bonds. The number of carbonyl (C=O) groups excluding carboxylic acids is 1. The highest BCUT2D eigenvalue weighted by Crippen LogP contribution is 2.34. The number of phenols is 1. The molecule has 0 aliphatic heterocycles. The molecule has 6 nitrogen and oxygen atoms in total. The summed E-state index contributed by atoms with van der Waals surface area (Å²) >= 11 is 0. The Kier molecular flexibility index (Phi) is 4.12. The van der Waals surface area contributed by atoms with Crippen molar-refractivity contribution in [2.24, 2.45) is 5.92 Å². The van der Waals surface area contributed by atoms with E-state index < -0.39 is 5.97 Å². The van der Waals surface area contributed by atoms with Gasteiger partial charge in [-0.2, -0.15) is 0 Å². The molecule has 0 spiro atoms. The van der Waals surface area contributed by atoms with Gasteiger partial charge in [0.05, 0.1) is 6.42 Å². The summed E-state index contributed by atoms with van der Waals surface area (Å²) in [5.74, 6) is -0.512. The van der Waals surface area contributed by atoms with E-state index in [4.69, 9.17) is 5.11 Å². The van der Waals surface area contributed by atoms with Crippen molar-refractivity contribution < 1.29 is 19.8 Å². The molecule has 3 N–H and O–H groups in total. The molecule has 0 bridgehead atoms. The molecule has 1 aromatic rings. The van der Waals surface area contributed by atoms with E-state index in [1.807, 2.05) is 0 Å². The summed E-state index contributed by atoms with van der Waals surface area (Å²) in [5.41, 5.74) is 0.630.